The van der Waals surface area contributed by atoms with E-state index in [4.69, 9.17) is 0 Å². The van der Waals surface area contributed by atoms with Crippen LogP contribution in [-0.4, -0.2) is 15.1 Å². The zero-order valence-electron chi connectivity index (χ0n) is 6.13. The van der Waals surface area contributed by atoms with E-state index in [-0.39, 0.29) is 11.0 Å². The number of hydrogen-bond acceptors (Lipinski definition) is 2. The van der Waals surface area contributed by atoms with Gasteiger partial charge in [0.2, 0.25) is 5.12 Å². The summed E-state index contributed by atoms with van der Waals surface area (Å²) in [6.45, 7) is 1.98. The van der Waals surface area contributed by atoms with Crippen LogP contribution in [0.15, 0.2) is 0 Å². The third-order valence-electron chi connectivity index (χ3n) is 1.93. The van der Waals surface area contributed by atoms with E-state index in [1.807, 2.05) is 6.92 Å². The van der Waals surface area contributed by atoms with Gasteiger partial charge in [0.25, 0.3) is 0 Å². The molecule has 0 spiro atoms. The Bertz CT molecular complexity index is 165. The molecule has 0 aliphatic carbocycles. The lowest BCUT2D eigenvalue weighted by atomic mass is 10.0. The summed E-state index contributed by atoms with van der Waals surface area (Å²) in [5, 5.41) is -0.0197. The highest BCUT2D eigenvalue weighted by atomic mass is 32.2. The van der Waals surface area contributed by atoms with E-state index >= 15 is 0 Å². The van der Waals surface area contributed by atoms with E-state index in [9.17, 15) is 9.00 Å². The molecule has 0 aromatic carbocycles. The highest BCUT2D eigenvalue weighted by molar-refractivity contribution is 8.00. The van der Waals surface area contributed by atoms with Crippen LogP contribution >= 0.6 is 0 Å². The van der Waals surface area contributed by atoms with Crippen molar-refractivity contribution < 1.29 is 9.00 Å². The molecule has 1 saturated heterocycles. The first kappa shape index (κ1) is 7.92. The molecular weight excluding hydrogens is 148 g/mol. The largest absolute Gasteiger partial charge is 0.284 e. The van der Waals surface area contributed by atoms with Crippen LogP contribution in [0.3, 0.4) is 0 Å². The maximum atomic E-state index is 11.1. The molecule has 0 N–H and O–H groups in total. The Morgan fingerprint density at radius 2 is 2.40 bits per heavy atom. The summed E-state index contributed by atoms with van der Waals surface area (Å²) in [6.07, 6.45) is 2.75. The Balaban J connectivity index is 2.60. The van der Waals surface area contributed by atoms with Gasteiger partial charge in [0.1, 0.15) is 0 Å². The van der Waals surface area contributed by atoms with E-state index in [0.29, 0.717) is 5.75 Å². The fourth-order valence-corrected chi connectivity index (χ4v) is 2.52. The Kier molecular flexibility index (Phi) is 2.60. The summed E-state index contributed by atoms with van der Waals surface area (Å²) in [4.78, 5) is 11.1. The maximum absolute atomic E-state index is 11.1. The van der Waals surface area contributed by atoms with Crippen molar-refractivity contribution in [2.45, 2.75) is 26.2 Å². The maximum Gasteiger partial charge on any atom is 0.221 e. The van der Waals surface area contributed by atoms with Crippen molar-refractivity contribution in [3.8, 4) is 0 Å². The number of carbonyl (C=O) groups is 1. The first-order chi connectivity index (χ1) is 4.75. The topological polar surface area (TPSA) is 34.1 Å². The quantitative estimate of drug-likeness (QED) is 0.575. The zero-order chi connectivity index (χ0) is 7.56. The summed E-state index contributed by atoms with van der Waals surface area (Å²) in [7, 11) is -1.15. The molecule has 2 unspecified atom stereocenters. The second-order valence-electron chi connectivity index (χ2n) is 2.62. The second kappa shape index (κ2) is 3.28. The molecular formula is C7H12O2S. The lowest BCUT2D eigenvalue weighted by Gasteiger charge is -2.17. The van der Waals surface area contributed by atoms with Crippen LogP contribution in [0.5, 0.6) is 0 Å². The molecule has 1 fully saturated rings. The van der Waals surface area contributed by atoms with E-state index < -0.39 is 10.8 Å². The minimum absolute atomic E-state index is 0.0197. The van der Waals surface area contributed by atoms with Crippen molar-refractivity contribution in [3.63, 3.8) is 0 Å². The van der Waals surface area contributed by atoms with E-state index in [1.165, 1.54) is 0 Å². The lowest BCUT2D eigenvalue weighted by Crippen LogP contribution is -2.26. The first-order valence-corrected chi connectivity index (χ1v) is 4.99. The molecule has 58 valence electrons. The van der Waals surface area contributed by atoms with Crippen LogP contribution in [0.4, 0.5) is 0 Å². The SMILES string of the molecule is CCC1CCCS(=O)C1=O. The van der Waals surface area contributed by atoms with Crippen molar-refractivity contribution in [1.82, 2.24) is 0 Å². The van der Waals surface area contributed by atoms with Crippen molar-refractivity contribution in [1.29, 1.82) is 0 Å². The first-order valence-electron chi connectivity index (χ1n) is 3.68. The minimum Gasteiger partial charge on any atom is -0.284 e. The second-order valence-corrected chi connectivity index (χ2v) is 4.12. The van der Waals surface area contributed by atoms with Crippen molar-refractivity contribution in [2.24, 2.45) is 5.92 Å². The van der Waals surface area contributed by atoms with Gasteiger partial charge in [0, 0.05) is 11.7 Å². The van der Waals surface area contributed by atoms with Gasteiger partial charge in [-0.3, -0.25) is 9.00 Å². The number of rotatable bonds is 1. The van der Waals surface area contributed by atoms with Gasteiger partial charge in [-0.1, -0.05) is 6.92 Å². The Morgan fingerprint density at radius 1 is 1.70 bits per heavy atom. The molecule has 3 heteroatoms. The number of carbonyl (C=O) groups excluding carboxylic acids is 1. The van der Waals surface area contributed by atoms with Crippen molar-refractivity contribution >= 4 is 15.9 Å². The molecule has 0 aromatic heterocycles. The van der Waals surface area contributed by atoms with E-state index in [0.717, 1.165) is 19.3 Å². The molecule has 0 saturated carbocycles. The van der Waals surface area contributed by atoms with Gasteiger partial charge < -0.3 is 0 Å². The third-order valence-corrected chi connectivity index (χ3v) is 3.37. The van der Waals surface area contributed by atoms with Crippen LogP contribution < -0.4 is 0 Å². The fourth-order valence-electron chi connectivity index (χ4n) is 1.24. The molecule has 10 heavy (non-hydrogen) atoms. The highest BCUT2D eigenvalue weighted by Crippen LogP contribution is 2.19. The van der Waals surface area contributed by atoms with Crippen molar-refractivity contribution in [2.75, 3.05) is 5.75 Å². The monoisotopic (exact) mass is 160 g/mol. The van der Waals surface area contributed by atoms with Gasteiger partial charge in [-0.05, 0) is 19.3 Å². The van der Waals surface area contributed by atoms with Gasteiger partial charge in [0.15, 0.2) is 0 Å². The van der Waals surface area contributed by atoms with Crippen LogP contribution in [-0.2, 0) is 15.6 Å². The number of hydrogen-bond donors (Lipinski definition) is 0. The third kappa shape index (κ3) is 1.45. The predicted molar refractivity (Wildman–Crippen MR) is 41.0 cm³/mol. The average Bonchev–Trinajstić information content (AvgIpc) is 1.95. The predicted octanol–water partition coefficient (Wildman–Crippen LogP) is 1.08. The summed E-state index contributed by atoms with van der Waals surface area (Å²) in [5.74, 6) is 0.685. The van der Waals surface area contributed by atoms with Crippen LogP contribution in [0.2, 0.25) is 0 Å². The van der Waals surface area contributed by atoms with Crippen LogP contribution in [0.25, 0.3) is 0 Å². The van der Waals surface area contributed by atoms with Crippen LogP contribution in [0, 0.1) is 5.92 Å². The highest BCUT2D eigenvalue weighted by Gasteiger charge is 2.26. The van der Waals surface area contributed by atoms with Crippen molar-refractivity contribution in [3.05, 3.63) is 0 Å². The summed E-state index contributed by atoms with van der Waals surface area (Å²) >= 11 is 0. The smallest absolute Gasteiger partial charge is 0.221 e. The lowest BCUT2D eigenvalue weighted by molar-refractivity contribution is -0.115. The Labute approximate surface area is 63.5 Å². The normalized spacial score (nSPS) is 34.3. The van der Waals surface area contributed by atoms with Gasteiger partial charge >= 0.3 is 0 Å². The molecule has 0 aromatic rings. The molecule has 1 aliphatic heterocycles. The fraction of sp³-hybridized carbons (Fsp3) is 0.857. The zero-order valence-corrected chi connectivity index (χ0v) is 6.95. The Hall–Kier alpha value is -0.180. The molecule has 1 heterocycles. The standard InChI is InChI=1S/C7H12O2S/c1-2-6-4-3-5-10(9)7(6)8/h6H,2-5H2,1H3. The molecule has 0 amide bonds. The minimum atomic E-state index is -1.15. The average molecular weight is 160 g/mol. The molecule has 0 bridgehead atoms. The molecule has 2 atom stereocenters. The van der Waals surface area contributed by atoms with Gasteiger partial charge in [-0.15, -0.1) is 0 Å². The summed E-state index contributed by atoms with van der Waals surface area (Å²) < 4.78 is 10.9. The van der Waals surface area contributed by atoms with E-state index in [1.54, 1.807) is 0 Å². The molecule has 2 nitrogen and oxygen atoms in total. The van der Waals surface area contributed by atoms with E-state index in [2.05, 4.69) is 0 Å². The molecule has 0 radical (unpaired) electrons. The van der Waals surface area contributed by atoms with Gasteiger partial charge in [-0.2, -0.15) is 0 Å². The Morgan fingerprint density at radius 3 is 2.90 bits per heavy atom. The molecule has 1 rings (SSSR count). The van der Waals surface area contributed by atoms with Gasteiger partial charge in [-0.25, -0.2) is 0 Å². The van der Waals surface area contributed by atoms with Gasteiger partial charge in [0.05, 0.1) is 10.8 Å². The molecule has 1 aliphatic rings. The summed E-state index contributed by atoms with van der Waals surface area (Å²) in [6, 6.07) is 0. The van der Waals surface area contributed by atoms with Crippen LogP contribution in [0.1, 0.15) is 26.2 Å². The summed E-state index contributed by atoms with van der Waals surface area (Å²) in [5.41, 5.74) is 0.